The molecule has 5 atom stereocenters. The van der Waals surface area contributed by atoms with Crippen LogP contribution in [0.25, 0.3) is 10.9 Å². The van der Waals surface area contributed by atoms with Gasteiger partial charge in [-0.15, -0.1) is 0 Å². The first kappa shape index (κ1) is 41.8. The number of aromatic nitrogens is 3. The molecular formula is C42H51F4N5O3S. The highest BCUT2D eigenvalue weighted by atomic mass is 32.1. The van der Waals surface area contributed by atoms with Gasteiger partial charge in [-0.05, 0) is 54.4 Å². The Morgan fingerprint density at radius 1 is 1.02 bits per heavy atom. The molecule has 2 unspecified atom stereocenters. The van der Waals surface area contributed by atoms with Gasteiger partial charge in [0.25, 0.3) is 0 Å². The topological polar surface area (TPSA) is 109 Å². The third-order valence-corrected chi connectivity index (χ3v) is 11.9. The first-order valence-electron chi connectivity index (χ1n) is 19.2. The van der Waals surface area contributed by atoms with Crippen molar-refractivity contribution in [3.63, 3.8) is 0 Å². The molecule has 0 saturated heterocycles. The van der Waals surface area contributed by atoms with Crippen LogP contribution in [0.15, 0.2) is 61.2 Å². The number of imidazole rings is 1. The molecular weight excluding hydrogens is 731 g/mol. The second-order valence-electron chi connectivity index (χ2n) is 15.1. The second kappa shape index (κ2) is 18.0. The highest BCUT2D eigenvalue weighted by Gasteiger charge is 2.46. The molecule has 1 aliphatic rings. The average molecular weight is 782 g/mol. The number of hydrogen-bond donors (Lipinski definition) is 3. The number of carbonyl (C=O) groups is 3. The van der Waals surface area contributed by atoms with Crippen LogP contribution in [0.5, 0.6) is 0 Å². The van der Waals surface area contributed by atoms with Gasteiger partial charge in [-0.25, -0.2) is 9.37 Å². The number of thiocarbonyl (C=S) groups is 1. The molecule has 0 aliphatic heterocycles. The molecule has 8 nitrogen and oxygen atoms in total. The number of nitrogens with one attached hydrogen (secondary N) is 3. The van der Waals surface area contributed by atoms with E-state index in [0.29, 0.717) is 34.6 Å². The van der Waals surface area contributed by atoms with Crippen molar-refractivity contribution in [3.8, 4) is 0 Å². The summed E-state index contributed by atoms with van der Waals surface area (Å²) in [4.78, 5) is 50.4. The van der Waals surface area contributed by atoms with Crippen LogP contribution in [0, 0.1) is 29.5 Å². The minimum absolute atomic E-state index is 0.00828. The normalized spacial score (nSPS) is 17.9. The van der Waals surface area contributed by atoms with E-state index in [1.807, 2.05) is 38.5 Å². The van der Waals surface area contributed by atoms with Crippen molar-refractivity contribution in [1.82, 2.24) is 25.2 Å². The van der Waals surface area contributed by atoms with E-state index in [1.54, 1.807) is 30.7 Å². The Morgan fingerprint density at radius 3 is 2.42 bits per heavy atom. The number of para-hydroxylation sites is 1. The molecule has 55 heavy (non-hydrogen) atoms. The summed E-state index contributed by atoms with van der Waals surface area (Å²) in [7, 11) is 0. The zero-order valence-electron chi connectivity index (χ0n) is 31.9. The fraction of sp³-hybridized carbons (Fsp3) is 0.500. The Morgan fingerprint density at radius 2 is 1.75 bits per heavy atom. The monoisotopic (exact) mass is 781 g/mol. The van der Waals surface area contributed by atoms with E-state index < -0.39 is 34.9 Å². The van der Waals surface area contributed by atoms with Crippen LogP contribution in [0.3, 0.4) is 0 Å². The smallest absolute Gasteiger partial charge is 0.379 e. The summed E-state index contributed by atoms with van der Waals surface area (Å²) < 4.78 is 58.7. The number of hydrogen-bond acceptors (Lipinski definition) is 5. The number of amides is 1. The molecule has 2 aromatic carbocycles. The molecule has 13 heteroatoms. The number of carbonyl (C=O) groups excluding carboxylic acids is 3. The summed E-state index contributed by atoms with van der Waals surface area (Å²) in [6.45, 7) is 9.14. The summed E-state index contributed by atoms with van der Waals surface area (Å²) in [6.07, 6.45) is 2.82. The summed E-state index contributed by atoms with van der Waals surface area (Å²) in [5.41, 5.74) is -0.942. The van der Waals surface area contributed by atoms with Gasteiger partial charge in [-0.1, -0.05) is 83.1 Å². The summed E-state index contributed by atoms with van der Waals surface area (Å²) >= 11 is 5.89. The lowest BCUT2D eigenvalue weighted by molar-refractivity contribution is -0.137. The first-order chi connectivity index (χ1) is 26.2. The number of aromatic amines is 1. The molecule has 0 bridgehead atoms. The summed E-state index contributed by atoms with van der Waals surface area (Å²) in [6, 6.07) is 10.0. The predicted octanol–water partition coefficient (Wildman–Crippen LogP) is 8.36. The molecule has 296 valence electrons. The lowest BCUT2D eigenvalue weighted by Gasteiger charge is -2.40. The van der Waals surface area contributed by atoms with Crippen molar-refractivity contribution < 1.29 is 31.9 Å². The van der Waals surface area contributed by atoms with Gasteiger partial charge in [0.2, 0.25) is 5.91 Å². The van der Waals surface area contributed by atoms with Crippen molar-refractivity contribution >= 4 is 45.6 Å². The number of Topliss-reactive ketones (excluding diaryl/α,β-unsaturated/α-hetero) is 2. The van der Waals surface area contributed by atoms with Crippen molar-refractivity contribution in [2.24, 2.45) is 23.7 Å². The van der Waals surface area contributed by atoms with Crippen molar-refractivity contribution in [3.05, 3.63) is 89.4 Å². The first-order valence-corrected chi connectivity index (χ1v) is 19.6. The van der Waals surface area contributed by atoms with Crippen LogP contribution in [-0.4, -0.2) is 49.1 Å². The Kier molecular flexibility index (Phi) is 13.7. The van der Waals surface area contributed by atoms with Gasteiger partial charge >= 0.3 is 6.18 Å². The quantitative estimate of drug-likeness (QED) is 0.0532. The van der Waals surface area contributed by atoms with Crippen LogP contribution < -0.4 is 10.6 Å². The molecule has 0 spiro atoms. The predicted molar refractivity (Wildman–Crippen MR) is 209 cm³/mol. The minimum atomic E-state index is -4.60. The number of alkyl halides is 3. The van der Waals surface area contributed by atoms with E-state index in [-0.39, 0.29) is 78.9 Å². The zero-order chi connectivity index (χ0) is 39.9. The molecule has 0 saturated carbocycles. The van der Waals surface area contributed by atoms with E-state index in [4.69, 9.17) is 12.2 Å². The van der Waals surface area contributed by atoms with E-state index >= 15 is 0 Å². The molecule has 1 aliphatic carbocycles. The fourth-order valence-corrected chi connectivity index (χ4v) is 8.13. The van der Waals surface area contributed by atoms with E-state index in [2.05, 4.69) is 20.6 Å². The van der Waals surface area contributed by atoms with Crippen LogP contribution in [0.1, 0.15) is 88.6 Å². The number of rotatable bonds is 18. The van der Waals surface area contributed by atoms with Gasteiger partial charge in [-0.3, -0.25) is 14.4 Å². The number of halogens is 4. The van der Waals surface area contributed by atoms with Crippen molar-refractivity contribution in [1.29, 1.82) is 0 Å². The van der Waals surface area contributed by atoms with E-state index in [9.17, 15) is 31.9 Å². The van der Waals surface area contributed by atoms with E-state index in [1.165, 1.54) is 18.2 Å². The highest BCUT2D eigenvalue weighted by molar-refractivity contribution is 7.80. The summed E-state index contributed by atoms with van der Waals surface area (Å²) in [5, 5.41) is 6.81. The maximum Gasteiger partial charge on any atom is 0.418 e. The van der Waals surface area contributed by atoms with Gasteiger partial charge in [-0.2, -0.15) is 13.2 Å². The molecule has 4 aromatic rings. The van der Waals surface area contributed by atoms with Crippen LogP contribution in [0.4, 0.5) is 17.6 Å². The second-order valence-corrected chi connectivity index (χ2v) is 15.6. The molecule has 0 radical (unpaired) electrons. The molecule has 1 amide bonds. The maximum atomic E-state index is 14.9. The fourth-order valence-electron chi connectivity index (χ4n) is 7.71. The minimum Gasteiger partial charge on any atom is -0.379 e. The number of H-pyrrole nitrogens is 1. The lowest BCUT2D eigenvalue weighted by atomic mass is 9.72. The number of fused-ring (bicyclic) bond motifs is 3. The van der Waals surface area contributed by atoms with Gasteiger partial charge in [0, 0.05) is 74.1 Å². The largest absolute Gasteiger partial charge is 0.418 e. The maximum absolute atomic E-state index is 14.9. The van der Waals surface area contributed by atoms with Crippen LogP contribution in [0.2, 0.25) is 0 Å². The number of nitrogens with zero attached hydrogens (tertiary/aromatic N) is 2. The SMILES string of the molecule is CCC(C)[C@H](CC(=O)Cc1ccccc1F)C(=O)N[C@]1(C(=O)C[C@H](C(=S)NCCCn2ccnc2)C(C)CC)CCc2[nH]c3c(C(F)(F)F)cccc3c2C1. The average Bonchev–Trinajstić information content (AvgIpc) is 3.82. The van der Waals surface area contributed by atoms with Gasteiger partial charge < -0.3 is 20.2 Å². The standard InChI is InChI=1S/C42H51F4N5O3S/c1-5-26(3)31(22-29(52)21-28-11-7-8-14-35(28)43)39(54)50-41(16-15-36-33(24-41)30-12-9-13-34(38(30)49-36)42(44,45)46)37(53)23-32(27(4)6-2)40(55)48-17-10-19-51-20-18-47-25-51/h7-9,11-14,18,20,25-27,31-32,49H,5-6,10,15-17,19,21-24H2,1-4H3,(H,48,55)(H,50,54)/t26?,27?,31-,32-,41+/m0/s1. The molecule has 5 rings (SSSR count). The van der Waals surface area contributed by atoms with Gasteiger partial charge in [0.1, 0.15) is 17.1 Å². The zero-order valence-corrected chi connectivity index (χ0v) is 32.7. The third kappa shape index (κ3) is 9.89. The van der Waals surface area contributed by atoms with Gasteiger partial charge in [0.15, 0.2) is 5.78 Å². The molecule has 0 fully saturated rings. The van der Waals surface area contributed by atoms with Crippen LogP contribution >= 0.6 is 12.2 Å². The number of aryl methyl sites for hydroxylation is 2. The lowest BCUT2D eigenvalue weighted by Crippen LogP contribution is -2.60. The Hall–Kier alpha value is -4.39. The summed E-state index contributed by atoms with van der Waals surface area (Å²) in [5.74, 6) is -2.99. The van der Waals surface area contributed by atoms with Crippen molar-refractivity contribution in [2.75, 3.05) is 6.54 Å². The molecule has 3 N–H and O–H groups in total. The van der Waals surface area contributed by atoms with E-state index in [0.717, 1.165) is 25.5 Å². The number of benzene rings is 2. The Bertz CT molecular complexity index is 1980. The third-order valence-electron chi connectivity index (χ3n) is 11.5. The number of ketones is 2. The highest BCUT2D eigenvalue weighted by Crippen LogP contribution is 2.41. The van der Waals surface area contributed by atoms with Crippen molar-refractivity contribution in [2.45, 2.75) is 104 Å². The Balaban J connectivity index is 1.45. The molecule has 2 aromatic heterocycles. The molecule has 2 heterocycles. The van der Waals surface area contributed by atoms with Gasteiger partial charge in [0.05, 0.1) is 22.4 Å². The van der Waals surface area contributed by atoms with Crippen LogP contribution in [-0.2, 0) is 46.4 Å². The Labute approximate surface area is 325 Å².